The van der Waals surface area contributed by atoms with Gasteiger partial charge in [0.15, 0.2) is 0 Å². The molecule has 0 N–H and O–H groups in total. The first kappa shape index (κ1) is 27.7. The number of anilines is 1. The predicted octanol–water partition coefficient (Wildman–Crippen LogP) is 7.35. The Balaban J connectivity index is 1.66. The number of oxime groups is 1. The molecule has 0 spiro atoms. The molecular formula is C25H17Cl3F3N3O4. The number of halogens is 6. The van der Waals surface area contributed by atoms with Crippen LogP contribution in [0.3, 0.4) is 0 Å². The number of rotatable bonds is 4. The van der Waals surface area contributed by atoms with E-state index in [2.05, 4.69) is 10.1 Å². The fourth-order valence-electron chi connectivity index (χ4n) is 3.92. The van der Waals surface area contributed by atoms with Crippen molar-refractivity contribution in [3.05, 3.63) is 92.0 Å². The van der Waals surface area contributed by atoms with Gasteiger partial charge in [-0.15, -0.1) is 0 Å². The van der Waals surface area contributed by atoms with Gasteiger partial charge in [-0.2, -0.15) is 18.1 Å². The number of hydrogen-bond donors (Lipinski definition) is 0. The molecule has 4 rings (SSSR count). The lowest BCUT2D eigenvalue weighted by molar-refractivity contribution is -0.275. The Morgan fingerprint density at radius 1 is 1.03 bits per heavy atom. The van der Waals surface area contributed by atoms with Gasteiger partial charge >= 0.3 is 12.3 Å². The minimum Gasteiger partial charge on any atom is -0.452 e. The maximum absolute atomic E-state index is 14.3. The van der Waals surface area contributed by atoms with Gasteiger partial charge in [-0.3, -0.25) is 4.79 Å². The van der Waals surface area contributed by atoms with Crippen molar-refractivity contribution in [1.29, 1.82) is 0 Å². The number of carbonyl (C=O) groups is 2. The Morgan fingerprint density at radius 3 is 2.26 bits per heavy atom. The SMILES string of the molecule is COC(=O)N(C(=O)c1ccc(C2=NOC(c3cc(Cl)cc(Cl)c3)(C(F)(F)F)C2)cc1C)c1ccc(Cl)cn1. The van der Waals surface area contributed by atoms with Gasteiger partial charge < -0.3 is 9.57 Å². The standard InChI is InChI=1S/C25H17Cl3F3N3O4/c1-13-7-14(3-5-19(13)22(35)34(23(36)37-2)21-6-4-16(26)12-32-21)20-11-24(38-33-20,25(29,30)31)15-8-17(27)10-18(28)9-15/h3-10,12H,11H2,1-2H3. The Kier molecular flexibility index (Phi) is 7.60. The molecule has 0 bridgehead atoms. The molecule has 0 aliphatic carbocycles. The summed E-state index contributed by atoms with van der Waals surface area (Å²) in [5.74, 6) is -0.794. The molecule has 0 saturated carbocycles. The molecule has 7 nitrogen and oxygen atoms in total. The quantitative estimate of drug-likeness (QED) is 0.319. The van der Waals surface area contributed by atoms with E-state index in [9.17, 15) is 22.8 Å². The van der Waals surface area contributed by atoms with Crippen LogP contribution in [0.25, 0.3) is 0 Å². The maximum atomic E-state index is 14.3. The molecule has 1 aromatic heterocycles. The van der Waals surface area contributed by atoms with Crippen LogP contribution in [0.15, 0.2) is 59.9 Å². The molecule has 198 valence electrons. The molecule has 0 saturated heterocycles. The summed E-state index contributed by atoms with van der Waals surface area (Å²) in [6, 6.07) is 10.6. The van der Waals surface area contributed by atoms with E-state index in [0.717, 1.165) is 19.2 Å². The van der Waals surface area contributed by atoms with Crippen molar-refractivity contribution in [1.82, 2.24) is 4.98 Å². The van der Waals surface area contributed by atoms with Crippen LogP contribution in [-0.4, -0.2) is 36.0 Å². The Labute approximate surface area is 229 Å². The number of aromatic nitrogens is 1. The number of alkyl halides is 3. The number of carbonyl (C=O) groups excluding carboxylic acids is 2. The Morgan fingerprint density at radius 2 is 1.71 bits per heavy atom. The Hall–Kier alpha value is -3.34. The number of nitrogens with zero attached hydrogens (tertiary/aromatic N) is 3. The van der Waals surface area contributed by atoms with Gasteiger partial charge in [0.05, 0.1) is 17.8 Å². The van der Waals surface area contributed by atoms with Gasteiger partial charge in [0, 0.05) is 33.8 Å². The average molecular weight is 587 g/mol. The zero-order valence-electron chi connectivity index (χ0n) is 19.6. The molecule has 3 aromatic rings. The minimum absolute atomic E-state index is 0.00952. The van der Waals surface area contributed by atoms with Crippen LogP contribution in [0, 0.1) is 6.92 Å². The molecule has 0 radical (unpaired) electrons. The second-order valence-corrected chi connectivity index (χ2v) is 9.57. The van der Waals surface area contributed by atoms with Crippen molar-refractivity contribution in [3.8, 4) is 0 Å². The largest absolute Gasteiger partial charge is 0.452 e. The van der Waals surface area contributed by atoms with Gasteiger partial charge in [-0.1, -0.05) is 46.0 Å². The van der Waals surface area contributed by atoms with Gasteiger partial charge in [-0.05, 0) is 60.5 Å². The van der Waals surface area contributed by atoms with E-state index in [1.807, 2.05) is 0 Å². The summed E-state index contributed by atoms with van der Waals surface area (Å²) >= 11 is 17.7. The first-order chi connectivity index (χ1) is 17.9. The number of pyridine rings is 1. The lowest BCUT2D eigenvalue weighted by atomic mass is 9.86. The van der Waals surface area contributed by atoms with Crippen LogP contribution in [0.1, 0.15) is 33.5 Å². The fraction of sp³-hybridized carbons (Fsp3) is 0.200. The molecule has 1 aliphatic heterocycles. The van der Waals surface area contributed by atoms with Crippen molar-refractivity contribution >= 4 is 58.3 Å². The number of imide groups is 1. The van der Waals surface area contributed by atoms with Gasteiger partial charge in [0.25, 0.3) is 11.5 Å². The number of hydrogen-bond acceptors (Lipinski definition) is 6. The van der Waals surface area contributed by atoms with Crippen LogP contribution in [0.5, 0.6) is 0 Å². The van der Waals surface area contributed by atoms with Crippen LogP contribution in [0.4, 0.5) is 23.8 Å². The highest BCUT2D eigenvalue weighted by Gasteiger charge is 2.62. The zero-order valence-corrected chi connectivity index (χ0v) is 21.9. The first-order valence-electron chi connectivity index (χ1n) is 10.8. The van der Waals surface area contributed by atoms with E-state index < -0.39 is 30.2 Å². The molecule has 0 fully saturated rings. The molecule has 38 heavy (non-hydrogen) atoms. The highest BCUT2D eigenvalue weighted by Crippen LogP contribution is 2.49. The summed E-state index contributed by atoms with van der Waals surface area (Å²) in [6.07, 6.45) is -5.25. The number of benzene rings is 2. The maximum Gasteiger partial charge on any atom is 0.435 e. The topological polar surface area (TPSA) is 81.1 Å². The van der Waals surface area contributed by atoms with E-state index in [0.29, 0.717) is 15.5 Å². The second-order valence-electron chi connectivity index (χ2n) is 8.26. The highest BCUT2D eigenvalue weighted by atomic mass is 35.5. The van der Waals surface area contributed by atoms with Crippen molar-refractivity contribution in [2.75, 3.05) is 12.0 Å². The zero-order chi connectivity index (χ0) is 27.8. The van der Waals surface area contributed by atoms with Gasteiger partial charge in [-0.25, -0.2) is 9.78 Å². The van der Waals surface area contributed by atoms with Gasteiger partial charge in [0.2, 0.25) is 0 Å². The first-order valence-corrected chi connectivity index (χ1v) is 11.9. The van der Waals surface area contributed by atoms with Crippen LogP contribution in [0.2, 0.25) is 15.1 Å². The third-order valence-corrected chi connectivity index (χ3v) is 6.47. The van der Waals surface area contributed by atoms with Crippen LogP contribution >= 0.6 is 34.8 Å². The summed E-state index contributed by atoms with van der Waals surface area (Å²) in [4.78, 5) is 35.4. The highest BCUT2D eigenvalue weighted by molar-refractivity contribution is 6.34. The van der Waals surface area contributed by atoms with Crippen molar-refractivity contribution in [2.24, 2.45) is 5.16 Å². The summed E-state index contributed by atoms with van der Waals surface area (Å²) in [6.45, 7) is 1.56. The molecule has 2 aromatic carbocycles. The van der Waals surface area contributed by atoms with Crippen molar-refractivity contribution in [2.45, 2.75) is 25.1 Å². The van der Waals surface area contributed by atoms with Crippen molar-refractivity contribution < 1.29 is 32.3 Å². The lowest BCUT2D eigenvalue weighted by Gasteiger charge is -2.29. The third kappa shape index (κ3) is 5.16. The summed E-state index contributed by atoms with van der Waals surface area (Å²) in [5.41, 5.74) is -2.39. The minimum atomic E-state index is -4.86. The smallest absolute Gasteiger partial charge is 0.435 e. The number of ether oxygens (including phenoxy) is 1. The van der Waals surface area contributed by atoms with E-state index in [4.69, 9.17) is 44.4 Å². The average Bonchev–Trinajstić information content (AvgIpc) is 3.32. The second kappa shape index (κ2) is 10.4. The Bertz CT molecular complexity index is 1430. The summed E-state index contributed by atoms with van der Waals surface area (Å²) in [7, 11) is 1.10. The molecule has 2 heterocycles. The van der Waals surface area contributed by atoms with Crippen molar-refractivity contribution in [3.63, 3.8) is 0 Å². The lowest BCUT2D eigenvalue weighted by Crippen LogP contribution is -2.42. The number of amides is 2. The number of methoxy groups -OCH3 is 1. The van der Waals surface area contributed by atoms with Crippen LogP contribution in [-0.2, 0) is 15.2 Å². The van der Waals surface area contributed by atoms with E-state index in [1.54, 1.807) is 6.92 Å². The predicted molar refractivity (Wildman–Crippen MR) is 136 cm³/mol. The molecule has 13 heteroatoms. The van der Waals surface area contributed by atoms with E-state index in [-0.39, 0.29) is 38.3 Å². The normalized spacial score (nSPS) is 17.0. The molecule has 1 atom stereocenters. The molecule has 1 aliphatic rings. The molecule has 1 unspecified atom stereocenters. The molecular weight excluding hydrogens is 570 g/mol. The third-order valence-electron chi connectivity index (χ3n) is 5.81. The number of aryl methyl sites for hydroxylation is 1. The molecule has 2 amide bonds. The van der Waals surface area contributed by atoms with E-state index in [1.165, 1.54) is 42.6 Å². The van der Waals surface area contributed by atoms with Gasteiger partial charge in [0.1, 0.15) is 5.82 Å². The van der Waals surface area contributed by atoms with Crippen LogP contribution < -0.4 is 4.90 Å². The summed E-state index contributed by atoms with van der Waals surface area (Å²) in [5, 5.41) is 4.04. The monoisotopic (exact) mass is 585 g/mol. The summed E-state index contributed by atoms with van der Waals surface area (Å²) < 4.78 is 47.6. The fourth-order valence-corrected chi connectivity index (χ4v) is 4.56. The van der Waals surface area contributed by atoms with E-state index >= 15 is 0 Å².